The maximum atomic E-state index is 6.29. The molecular formula is C24H25ClN4. The van der Waals surface area contributed by atoms with E-state index in [1.807, 2.05) is 60.7 Å². The average Bonchev–Trinajstić information content (AvgIpc) is 2.72. The lowest BCUT2D eigenvalue weighted by atomic mass is 10.2. The molecule has 0 radical (unpaired) electrons. The topological polar surface area (TPSA) is 49.8 Å². The molecule has 4 aromatic rings. The van der Waals surface area contributed by atoms with E-state index in [2.05, 4.69) is 43.5 Å². The van der Waals surface area contributed by atoms with E-state index in [9.17, 15) is 0 Å². The Labute approximate surface area is 177 Å². The van der Waals surface area contributed by atoms with Gasteiger partial charge in [0.05, 0.1) is 21.7 Å². The number of aryl methyl sites for hydroxylation is 1. The van der Waals surface area contributed by atoms with Crippen molar-refractivity contribution in [3.63, 3.8) is 0 Å². The number of rotatable bonds is 4. The zero-order valence-corrected chi connectivity index (χ0v) is 17.7. The van der Waals surface area contributed by atoms with Crippen LogP contribution in [0.25, 0.3) is 11.0 Å². The van der Waals surface area contributed by atoms with E-state index in [0.29, 0.717) is 16.7 Å². The first-order valence-electron chi connectivity index (χ1n) is 9.72. The fourth-order valence-electron chi connectivity index (χ4n) is 2.64. The molecule has 0 bridgehead atoms. The molecule has 1 heterocycles. The molecule has 29 heavy (non-hydrogen) atoms. The lowest BCUT2D eigenvalue weighted by Crippen LogP contribution is -2.03. The predicted molar refractivity (Wildman–Crippen MR) is 125 cm³/mol. The van der Waals surface area contributed by atoms with Gasteiger partial charge in [0, 0.05) is 5.69 Å². The van der Waals surface area contributed by atoms with Crippen LogP contribution in [0.3, 0.4) is 0 Å². The summed E-state index contributed by atoms with van der Waals surface area (Å²) in [5.41, 5.74) is 4.57. The van der Waals surface area contributed by atoms with Gasteiger partial charge in [-0.3, -0.25) is 0 Å². The molecule has 0 amide bonds. The van der Waals surface area contributed by atoms with Crippen molar-refractivity contribution < 1.29 is 0 Å². The minimum atomic E-state index is 0.623. The molecule has 5 heteroatoms. The van der Waals surface area contributed by atoms with E-state index in [1.165, 1.54) is 12.0 Å². The average molecular weight is 405 g/mol. The molecule has 4 nitrogen and oxygen atoms in total. The van der Waals surface area contributed by atoms with E-state index in [1.54, 1.807) is 0 Å². The Kier molecular flexibility index (Phi) is 7.04. The summed E-state index contributed by atoms with van der Waals surface area (Å²) in [6.07, 6.45) is 1.25. The lowest BCUT2D eigenvalue weighted by Gasteiger charge is -2.14. The van der Waals surface area contributed by atoms with Gasteiger partial charge in [-0.2, -0.15) is 0 Å². The standard InChI is InChI=1S/C21H17ClN4.C3H8/c1-14-10-12-15(13-11-14)23-20-21(24-17-7-3-2-6-16(17)22)26-19-9-5-4-8-18(19)25-20;1-3-2/h2-13H,1H3,(H,23,25)(H,24,26);3H2,1-2H3. The first-order chi connectivity index (χ1) is 14.1. The summed E-state index contributed by atoms with van der Waals surface area (Å²) in [6.45, 7) is 6.31. The van der Waals surface area contributed by atoms with Crippen molar-refractivity contribution in [3.8, 4) is 0 Å². The van der Waals surface area contributed by atoms with Gasteiger partial charge in [0.2, 0.25) is 0 Å². The Balaban J connectivity index is 0.000000755. The number of hydrogen-bond donors (Lipinski definition) is 2. The largest absolute Gasteiger partial charge is 0.337 e. The number of para-hydroxylation sites is 3. The molecule has 0 unspecified atom stereocenters. The SMILES string of the molecule is CCC.Cc1ccc(Nc2nc3ccccc3nc2Nc2ccccc2Cl)cc1. The summed E-state index contributed by atoms with van der Waals surface area (Å²) in [6, 6.07) is 23.5. The molecular weight excluding hydrogens is 380 g/mol. The van der Waals surface area contributed by atoms with Crippen molar-refractivity contribution in [2.75, 3.05) is 10.6 Å². The van der Waals surface area contributed by atoms with E-state index >= 15 is 0 Å². The van der Waals surface area contributed by atoms with Crippen LogP contribution < -0.4 is 10.6 Å². The van der Waals surface area contributed by atoms with E-state index in [0.717, 1.165) is 22.4 Å². The molecule has 0 aliphatic carbocycles. The quantitative estimate of drug-likeness (QED) is 0.369. The summed E-state index contributed by atoms with van der Waals surface area (Å²) in [5, 5.41) is 7.28. The molecule has 148 valence electrons. The number of halogens is 1. The molecule has 1 aromatic heterocycles. The first-order valence-corrected chi connectivity index (χ1v) is 10.1. The van der Waals surface area contributed by atoms with Gasteiger partial charge in [0.15, 0.2) is 11.6 Å². The van der Waals surface area contributed by atoms with Crippen LogP contribution in [0, 0.1) is 6.92 Å². The molecule has 0 saturated carbocycles. The zero-order chi connectivity index (χ0) is 20.6. The summed E-state index contributed by atoms with van der Waals surface area (Å²) in [5.74, 6) is 1.27. The highest BCUT2D eigenvalue weighted by atomic mass is 35.5. The summed E-state index contributed by atoms with van der Waals surface area (Å²) >= 11 is 6.29. The highest BCUT2D eigenvalue weighted by Gasteiger charge is 2.11. The summed E-state index contributed by atoms with van der Waals surface area (Å²) in [7, 11) is 0. The highest BCUT2D eigenvalue weighted by Crippen LogP contribution is 2.30. The van der Waals surface area contributed by atoms with Gasteiger partial charge in [-0.1, -0.05) is 73.8 Å². The Morgan fingerprint density at radius 3 is 1.83 bits per heavy atom. The van der Waals surface area contributed by atoms with Gasteiger partial charge in [0.25, 0.3) is 0 Å². The van der Waals surface area contributed by atoms with Crippen molar-refractivity contribution in [2.24, 2.45) is 0 Å². The van der Waals surface area contributed by atoms with Gasteiger partial charge in [-0.05, 0) is 43.3 Å². The van der Waals surface area contributed by atoms with Gasteiger partial charge in [0.1, 0.15) is 0 Å². The monoisotopic (exact) mass is 404 g/mol. The second-order valence-corrected chi connectivity index (χ2v) is 7.12. The fraction of sp³-hybridized carbons (Fsp3) is 0.167. The maximum Gasteiger partial charge on any atom is 0.174 e. The molecule has 0 aliphatic rings. The third-order valence-electron chi connectivity index (χ3n) is 4.01. The fourth-order valence-corrected chi connectivity index (χ4v) is 2.82. The molecule has 2 N–H and O–H groups in total. The number of fused-ring (bicyclic) bond motifs is 1. The molecule has 0 saturated heterocycles. The number of hydrogen-bond acceptors (Lipinski definition) is 4. The van der Waals surface area contributed by atoms with Crippen molar-refractivity contribution in [2.45, 2.75) is 27.2 Å². The number of nitrogens with one attached hydrogen (secondary N) is 2. The first kappa shape index (κ1) is 20.6. The second kappa shape index (κ2) is 9.89. The Hall–Kier alpha value is -3.11. The summed E-state index contributed by atoms with van der Waals surface area (Å²) < 4.78 is 0. The van der Waals surface area contributed by atoms with Crippen molar-refractivity contribution >= 4 is 45.6 Å². The van der Waals surface area contributed by atoms with Crippen LogP contribution in [0.4, 0.5) is 23.0 Å². The van der Waals surface area contributed by atoms with Crippen LogP contribution in [-0.2, 0) is 0 Å². The molecule has 0 atom stereocenters. The van der Waals surface area contributed by atoms with Crippen LogP contribution in [0.15, 0.2) is 72.8 Å². The predicted octanol–water partition coefficient (Wildman–Crippen LogP) is 7.50. The number of benzene rings is 3. The number of anilines is 4. The molecule has 0 fully saturated rings. The molecule has 0 spiro atoms. The van der Waals surface area contributed by atoms with Crippen LogP contribution in [-0.4, -0.2) is 9.97 Å². The maximum absolute atomic E-state index is 6.29. The molecule has 0 aliphatic heterocycles. The van der Waals surface area contributed by atoms with Crippen LogP contribution >= 0.6 is 11.6 Å². The van der Waals surface area contributed by atoms with Crippen LogP contribution in [0.2, 0.25) is 5.02 Å². The molecule has 3 aromatic carbocycles. The highest BCUT2D eigenvalue weighted by molar-refractivity contribution is 6.33. The minimum Gasteiger partial charge on any atom is -0.337 e. The van der Waals surface area contributed by atoms with Gasteiger partial charge in [-0.15, -0.1) is 0 Å². The van der Waals surface area contributed by atoms with Gasteiger partial charge < -0.3 is 10.6 Å². The van der Waals surface area contributed by atoms with Gasteiger partial charge >= 0.3 is 0 Å². The van der Waals surface area contributed by atoms with Crippen molar-refractivity contribution in [1.29, 1.82) is 0 Å². The number of nitrogens with zero attached hydrogens (tertiary/aromatic N) is 2. The Morgan fingerprint density at radius 1 is 0.724 bits per heavy atom. The lowest BCUT2D eigenvalue weighted by molar-refractivity contribution is 1.09. The van der Waals surface area contributed by atoms with E-state index in [4.69, 9.17) is 21.6 Å². The Bertz CT molecular complexity index is 1080. The second-order valence-electron chi connectivity index (χ2n) is 6.71. The van der Waals surface area contributed by atoms with Crippen molar-refractivity contribution in [1.82, 2.24) is 9.97 Å². The summed E-state index contributed by atoms with van der Waals surface area (Å²) in [4.78, 5) is 9.47. The number of aromatic nitrogens is 2. The van der Waals surface area contributed by atoms with E-state index in [-0.39, 0.29) is 0 Å². The normalized spacial score (nSPS) is 10.2. The van der Waals surface area contributed by atoms with Crippen LogP contribution in [0.5, 0.6) is 0 Å². The van der Waals surface area contributed by atoms with E-state index < -0.39 is 0 Å². The Morgan fingerprint density at radius 2 is 1.24 bits per heavy atom. The zero-order valence-electron chi connectivity index (χ0n) is 16.9. The van der Waals surface area contributed by atoms with Crippen LogP contribution in [0.1, 0.15) is 25.8 Å². The third-order valence-corrected chi connectivity index (χ3v) is 4.34. The van der Waals surface area contributed by atoms with Crippen molar-refractivity contribution in [3.05, 3.63) is 83.4 Å². The third kappa shape index (κ3) is 5.46. The minimum absolute atomic E-state index is 0.623. The smallest absolute Gasteiger partial charge is 0.174 e. The van der Waals surface area contributed by atoms with Gasteiger partial charge in [-0.25, -0.2) is 9.97 Å². The molecule has 4 rings (SSSR count).